The number of guanidine groups is 1. The van der Waals surface area contributed by atoms with Crippen LogP contribution in [0.25, 0.3) is 0 Å². The van der Waals surface area contributed by atoms with E-state index in [9.17, 15) is 0 Å². The van der Waals surface area contributed by atoms with Gasteiger partial charge in [0.2, 0.25) is 0 Å². The molecule has 8 nitrogen and oxygen atoms in total. The Morgan fingerprint density at radius 2 is 2.17 bits per heavy atom. The molecule has 0 saturated heterocycles. The number of aromatic nitrogens is 3. The average molecular weight is 330 g/mol. The van der Waals surface area contributed by atoms with E-state index in [-0.39, 0.29) is 6.10 Å². The fraction of sp³-hybridized carbons (Fsp3) is 0.438. The first-order valence-electron chi connectivity index (χ1n) is 7.99. The zero-order valence-corrected chi connectivity index (χ0v) is 13.9. The highest BCUT2D eigenvalue weighted by Gasteiger charge is 2.20. The number of hydrogen-bond acceptors (Lipinski definition) is 5. The number of benzene rings is 1. The minimum Gasteiger partial charge on any atom is -0.486 e. The third kappa shape index (κ3) is 3.95. The van der Waals surface area contributed by atoms with Crippen LogP contribution in [0.3, 0.4) is 0 Å². The van der Waals surface area contributed by atoms with E-state index >= 15 is 0 Å². The predicted octanol–water partition coefficient (Wildman–Crippen LogP) is 0.710. The smallest absolute Gasteiger partial charge is 0.191 e. The molecule has 1 unspecified atom stereocenters. The summed E-state index contributed by atoms with van der Waals surface area (Å²) in [5.41, 5.74) is 0. The van der Waals surface area contributed by atoms with E-state index in [1.807, 2.05) is 38.2 Å². The number of rotatable bonds is 5. The molecule has 0 radical (unpaired) electrons. The summed E-state index contributed by atoms with van der Waals surface area (Å²) in [4.78, 5) is 8.69. The number of hydrogen-bond donors (Lipinski definition) is 2. The molecule has 8 heteroatoms. The lowest BCUT2D eigenvalue weighted by Gasteiger charge is -2.27. The van der Waals surface area contributed by atoms with Crippen molar-refractivity contribution >= 4 is 5.96 Å². The van der Waals surface area contributed by atoms with Crippen molar-refractivity contribution in [1.29, 1.82) is 0 Å². The highest BCUT2D eigenvalue weighted by atomic mass is 16.6. The first-order valence-corrected chi connectivity index (χ1v) is 7.99. The van der Waals surface area contributed by atoms with Crippen molar-refractivity contribution in [2.45, 2.75) is 19.6 Å². The highest BCUT2D eigenvalue weighted by molar-refractivity contribution is 5.79. The number of nitrogens with one attached hydrogen (secondary N) is 2. The maximum absolute atomic E-state index is 5.93. The van der Waals surface area contributed by atoms with E-state index in [0.717, 1.165) is 23.9 Å². The molecule has 0 spiro atoms. The Hall–Kier alpha value is -2.77. The number of nitrogens with zero attached hydrogens (tertiary/aromatic N) is 4. The fourth-order valence-corrected chi connectivity index (χ4v) is 2.33. The lowest BCUT2D eigenvalue weighted by atomic mass is 10.2. The molecule has 0 saturated carbocycles. The summed E-state index contributed by atoms with van der Waals surface area (Å²) in [5.74, 6) is 3.08. The molecule has 0 aliphatic carbocycles. The molecule has 24 heavy (non-hydrogen) atoms. The van der Waals surface area contributed by atoms with Crippen molar-refractivity contribution < 1.29 is 9.47 Å². The van der Waals surface area contributed by atoms with Gasteiger partial charge in [-0.15, -0.1) is 0 Å². The van der Waals surface area contributed by atoms with Crippen LogP contribution in [0.1, 0.15) is 12.7 Å². The van der Waals surface area contributed by atoms with Crippen LogP contribution in [-0.4, -0.2) is 46.5 Å². The van der Waals surface area contributed by atoms with Gasteiger partial charge in [-0.1, -0.05) is 12.1 Å². The predicted molar refractivity (Wildman–Crippen MR) is 90.2 cm³/mol. The second-order valence-corrected chi connectivity index (χ2v) is 5.37. The lowest BCUT2D eigenvalue weighted by Crippen LogP contribution is -2.45. The van der Waals surface area contributed by atoms with Crippen LogP contribution in [0.2, 0.25) is 0 Å². The zero-order valence-electron chi connectivity index (χ0n) is 13.9. The van der Waals surface area contributed by atoms with Crippen molar-refractivity contribution in [2.24, 2.45) is 12.0 Å². The molecule has 0 amide bonds. The van der Waals surface area contributed by atoms with Crippen molar-refractivity contribution in [1.82, 2.24) is 25.4 Å². The molecule has 1 aromatic carbocycles. The van der Waals surface area contributed by atoms with Crippen LogP contribution >= 0.6 is 0 Å². The number of aryl methyl sites for hydroxylation is 1. The van der Waals surface area contributed by atoms with Crippen LogP contribution < -0.4 is 20.1 Å². The SMILES string of the molecule is CCNC(=NCc1ncnn1C)NCC1COc2ccccc2O1. The Bertz CT molecular complexity index is 699. The molecule has 0 bridgehead atoms. The molecular weight excluding hydrogens is 308 g/mol. The Morgan fingerprint density at radius 1 is 1.33 bits per heavy atom. The topological polar surface area (TPSA) is 85.6 Å². The Morgan fingerprint density at radius 3 is 2.92 bits per heavy atom. The number of ether oxygens (including phenoxy) is 2. The van der Waals surface area contributed by atoms with Gasteiger partial charge in [0.25, 0.3) is 0 Å². The first-order chi connectivity index (χ1) is 11.8. The first kappa shape index (κ1) is 16.1. The van der Waals surface area contributed by atoms with Crippen LogP contribution in [0.15, 0.2) is 35.6 Å². The maximum atomic E-state index is 5.93. The molecule has 2 heterocycles. The summed E-state index contributed by atoms with van der Waals surface area (Å²) in [6, 6.07) is 7.69. The number of fused-ring (bicyclic) bond motifs is 1. The maximum Gasteiger partial charge on any atom is 0.191 e. The third-order valence-electron chi connectivity index (χ3n) is 3.59. The van der Waals surface area contributed by atoms with Gasteiger partial charge in [-0.05, 0) is 19.1 Å². The van der Waals surface area contributed by atoms with E-state index in [0.29, 0.717) is 25.7 Å². The Balaban J connectivity index is 1.56. The van der Waals surface area contributed by atoms with Crippen molar-refractivity contribution in [3.8, 4) is 11.5 Å². The Kier molecular flexibility index (Phi) is 5.15. The van der Waals surface area contributed by atoms with Crippen LogP contribution in [0, 0.1) is 0 Å². The van der Waals surface area contributed by atoms with Crippen LogP contribution in [0.4, 0.5) is 0 Å². The van der Waals surface area contributed by atoms with E-state index in [1.165, 1.54) is 6.33 Å². The molecule has 1 aliphatic heterocycles. The second-order valence-electron chi connectivity index (χ2n) is 5.37. The molecule has 128 valence electrons. The molecule has 3 rings (SSSR count). The summed E-state index contributed by atoms with van der Waals surface area (Å²) in [7, 11) is 1.85. The van der Waals surface area contributed by atoms with Crippen molar-refractivity contribution in [2.75, 3.05) is 19.7 Å². The molecule has 1 aromatic heterocycles. The quantitative estimate of drug-likeness (QED) is 0.620. The van der Waals surface area contributed by atoms with Gasteiger partial charge in [0.1, 0.15) is 31.4 Å². The van der Waals surface area contributed by atoms with Gasteiger partial charge in [0.15, 0.2) is 17.5 Å². The van der Waals surface area contributed by atoms with E-state index in [2.05, 4.69) is 25.7 Å². The fourth-order valence-electron chi connectivity index (χ4n) is 2.33. The van der Waals surface area contributed by atoms with E-state index in [1.54, 1.807) is 4.68 Å². The normalized spacial score (nSPS) is 16.8. The summed E-state index contributed by atoms with van der Waals surface area (Å²) in [6.45, 7) is 4.36. The van der Waals surface area contributed by atoms with Gasteiger partial charge < -0.3 is 20.1 Å². The number of para-hydroxylation sites is 2. The molecule has 2 aromatic rings. The minimum absolute atomic E-state index is 0.0708. The summed E-state index contributed by atoms with van der Waals surface area (Å²) in [6.07, 6.45) is 1.45. The number of aliphatic imine (C=N–C) groups is 1. The summed E-state index contributed by atoms with van der Waals surface area (Å²) >= 11 is 0. The van der Waals surface area contributed by atoms with Gasteiger partial charge >= 0.3 is 0 Å². The molecule has 1 atom stereocenters. The highest BCUT2D eigenvalue weighted by Crippen LogP contribution is 2.30. The standard InChI is InChI=1S/C16H22N6O2/c1-3-17-16(19-9-15-20-11-21-22(15)2)18-8-12-10-23-13-6-4-5-7-14(13)24-12/h4-7,11-12H,3,8-10H2,1-2H3,(H2,17,18,19). The third-order valence-corrected chi connectivity index (χ3v) is 3.59. The van der Waals surface area contributed by atoms with Gasteiger partial charge in [0, 0.05) is 13.6 Å². The molecule has 0 fully saturated rings. The average Bonchev–Trinajstić information content (AvgIpc) is 3.02. The molecule has 2 N–H and O–H groups in total. The minimum atomic E-state index is -0.0708. The zero-order chi connectivity index (χ0) is 16.8. The van der Waals surface area contributed by atoms with Gasteiger partial charge in [-0.3, -0.25) is 4.68 Å². The summed E-state index contributed by atoms with van der Waals surface area (Å²) < 4.78 is 13.4. The lowest BCUT2D eigenvalue weighted by molar-refractivity contribution is 0.0936. The van der Waals surface area contributed by atoms with Crippen molar-refractivity contribution in [3.05, 3.63) is 36.4 Å². The van der Waals surface area contributed by atoms with Crippen LogP contribution in [-0.2, 0) is 13.6 Å². The van der Waals surface area contributed by atoms with Gasteiger partial charge in [-0.25, -0.2) is 9.98 Å². The van der Waals surface area contributed by atoms with Gasteiger partial charge in [0.05, 0.1) is 6.54 Å². The summed E-state index contributed by atoms with van der Waals surface area (Å²) in [5, 5.41) is 10.5. The van der Waals surface area contributed by atoms with E-state index < -0.39 is 0 Å². The van der Waals surface area contributed by atoms with Crippen molar-refractivity contribution in [3.63, 3.8) is 0 Å². The second kappa shape index (κ2) is 7.67. The Labute approximate surface area is 140 Å². The van der Waals surface area contributed by atoms with Crippen LogP contribution in [0.5, 0.6) is 11.5 Å². The van der Waals surface area contributed by atoms with E-state index in [4.69, 9.17) is 9.47 Å². The monoisotopic (exact) mass is 330 g/mol. The molecular formula is C16H22N6O2. The largest absolute Gasteiger partial charge is 0.486 e. The van der Waals surface area contributed by atoms with Gasteiger partial charge in [-0.2, -0.15) is 5.10 Å². The molecule has 1 aliphatic rings.